The molecule has 0 atom stereocenters. The second-order valence-corrected chi connectivity index (χ2v) is 7.18. The van der Waals surface area contributed by atoms with Crippen molar-refractivity contribution in [2.45, 2.75) is 26.5 Å². The SMILES string of the molecule is CCCn1c2c(c(=O)n(C)c1=O)C(=O)/C(=C/c1ccccc1OCc1ccccn1)N2. The number of benzene rings is 1. The summed E-state index contributed by atoms with van der Waals surface area (Å²) in [5.41, 5.74) is 0.590. The molecule has 8 heteroatoms. The Labute approximate surface area is 178 Å². The van der Waals surface area contributed by atoms with Gasteiger partial charge in [-0.05, 0) is 30.7 Å². The van der Waals surface area contributed by atoms with Crippen LogP contribution in [0.5, 0.6) is 5.75 Å². The minimum Gasteiger partial charge on any atom is -0.487 e. The van der Waals surface area contributed by atoms with Gasteiger partial charge < -0.3 is 10.1 Å². The van der Waals surface area contributed by atoms with Gasteiger partial charge in [-0.3, -0.25) is 23.7 Å². The van der Waals surface area contributed by atoms with Crippen molar-refractivity contribution in [3.63, 3.8) is 0 Å². The summed E-state index contributed by atoms with van der Waals surface area (Å²) >= 11 is 0. The topological polar surface area (TPSA) is 95.2 Å². The van der Waals surface area contributed by atoms with E-state index in [0.29, 0.717) is 24.3 Å². The van der Waals surface area contributed by atoms with Crippen molar-refractivity contribution in [1.29, 1.82) is 0 Å². The van der Waals surface area contributed by atoms with E-state index in [4.69, 9.17) is 4.74 Å². The minimum absolute atomic E-state index is 0.0197. The van der Waals surface area contributed by atoms with Crippen molar-refractivity contribution in [2.75, 3.05) is 5.32 Å². The van der Waals surface area contributed by atoms with Gasteiger partial charge >= 0.3 is 5.69 Å². The summed E-state index contributed by atoms with van der Waals surface area (Å²) in [4.78, 5) is 42.4. The Balaban J connectivity index is 1.70. The molecule has 31 heavy (non-hydrogen) atoms. The van der Waals surface area contributed by atoms with Crippen LogP contribution in [0.4, 0.5) is 5.82 Å². The molecule has 1 aliphatic rings. The summed E-state index contributed by atoms with van der Waals surface area (Å²) in [6, 6.07) is 12.9. The third kappa shape index (κ3) is 3.79. The molecule has 158 valence electrons. The molecule has 0 radical (unpaired) electrons. The molecule has 0 amide bonds. The van der Waals surface area contributed by atoms with Gasteiger partial charge in [0.1, 0.15) is 23.7 Å². The van der Waals surface area contributed by atoms with Crippen molar-refractivity contribution in [3.8, 4) is 5.75 Å². The maximum Gasteiger partial charge on any atom is 0.332 e. The van der Waals surface area contributed by atoms with Crippen LogP contribution < -0.4 is 21.3 Å². The predicted octanol–water partition coefficient (Wildman–Crippen LogP) is 2.58. The molecule has 2 aromatic heterocycles. The number of Topliss-reactive ketones (excluding diaryl/α,β-unsaturated/α-hetero) is 1. The molecular weight excluding hydrogens is 396 g/mol. The second kappa shape index (κ2) is 8.43. The lowest BCUT2D eigenvalue weighted by Crippen LogP contribution is -2.40. The van der Waals surface area contributed by atoms with Gasteiger partial charge in [-0.25, -0.2) is 4.79 Å². The van der Waals surface area contributed by atoms with Crippen molar-refractivity contribution < 1.29 is 9.53 Å². The number of anilines is 1. The molecule has 0 saturated carbocycles. The van der Waals surface area contributed by atoms with E-state index in [0.717, 1.165) is 10.3 Å². The third-order valence-electron chi connectivity index (χ3n) is 5.04. The molecule has 3 aromatic rings. The number of nitrogens with zero attached hydrogens (tertiary/aromatic N) is 3. The van der Waals surface area contributed by atoms with Gasteiger partial charge in [-0.15, -0.1) is 0 Å². The molecule has 0 bridgehead atoms. The fourth-order valence-corrected chi connectivity index (χ4v) is 3.48. The van der Waals surface area contributed by atoms with Gasteiger partial charge in [0, 0.05) is 25.4 Å². The number of rotatable bonds is 6. The average Bonchev–Trinajstić information content (AvgIpc) is 3.11. The van der Waals surface area contributed by atoms with Gasteiger partial charge in [-0.1, -0.05) is 31.2 Å². The van der Waals surface area contributed by atoms with Gasteiger partial charge in [0.15, 0.2) is 0 Å². The molecular formula is C23H22N4O4. The van der Waals surface area contributed by atoms with Crippen LogP contribution in [-0.4, -0.2) is 19.9 Å². The number of para-hydroxylation sites is 1. The number of ketones is 1. The van der Waals surface area contributed by atoms with E-state index in [1.54, 1.807) is 18.3 Å². The molecule has 0 unspecified atom stereocenters. The Morgan fingerprint density at radius 1 is 1.10 bits per heavy atom. The molecule has 1 aromatic carbocycles. The number of carbonyl (C=O) groups excluding carboxylic acids is 1. The molecule has 0 aliphatic carbocycles. The number of allylic oxidation sites excluding steroid dienone is 1. The summed E-state index contributed by atoms with van der Waals surface area (Å²) < 4.78 is 8.31. The lowest BCUT2D eigenvalue weighted by atomic mass is 10.1. The Hall–Kier alpha value is -3.94. The molecule has 0 fully saturated rings. The molecule has 0 saturated heterocycles. The number of pyridine rings is 1. The molecule has 4 rings (SSSR count). The lowest BCUT2D eigenvalue weighted by Gasteiger charge is -2.12. The van der Waals surface area contributed by atoms with E-state index < -0.39 is 17.0 Å². The van der Waals surface area contributed by atoms with Gasteiger partial charge in [-0.2, -0.15) is 0 Å². The molecule has 8 nitrogen and oxygen atoms in total. The van der Waals surface area contributed by atoms with Crippen LogP contribution in [0.3, 0.4) is 0 Å². The van der Waals surface area contributed by atoms with E-state index in [-0.39, 0.29) is 23.7 Å². The highest BCUT2D eigenvalue weighted by atomic mass is 16.5. The number of aromatic nitrogens is 3. The number of nitrogens with one attached hydrogen (secondary N) is 1. The largest absolute Gasteiger partial charge is 0.487 e. The first-order valence-electron chi connectivity index (χ1n) is 10.00. The number of hydrogen-bond donors (Lipinski definition) is 1. The number of hydrogen-bond acceptors (Lipinski definition) is 6. The Morgan fingerprint density at radius 3 is 2.61 bits per heavy atom. The standard InChI is InChI=1S/C23H22N4O4/c1-3-12-27-21-19(22(29)26(2)23(27)30)20(28)17(25-21)13-15-8-4-5-10-18(15)31-14-16-9-6-7-11-24-16/h4-11,13,25H,3,12,14H2,1-2H3/b17-13-. The van der Waals surface area contributed by atoms with Crippen LogP contribution in [0.1, 0.15) is 35.0 Å². The molecule has 1 N–H and O–H groups in total. The van der Waals surface area contributed by atoms with E-state index in [2.05, 4.69) is 10.3 Å². The summed E-state index contributed by atoms with van der Waals surface area (Å²) in [6.45, 7) is 2.60. The summed E-state index contributed by atoms with van der Waals surface area (Å²) in [7, 11) is 1.38. The number of carbonyl (C=O) groups is 1. The van der Waals surface area contributed by atoms with E-state index >= 15 is 0 Å². The van der Waals surface area contributed by atoms with Crippen LogP contribution in [0.25, 0.3) is 6.08 Å². The first kappa shape index (κ1) is 20.3. The number of fused-ring (bicyclic) bond motifs is 1. The summed E-state index contributed by atoms with van der Waals surface area (Å²) in [5.74, 6) is 0.378. The first-order valence-corrected chi connectivity index (χ1v) is 10.00. The summed E-state index contributed by atoms with van der Waals surface area (Å²) in [6.07, 6.45) is 4.02. The molecule has 1 aliphatic heterocycles. The Kier molecular flexibility index (Phi) is 5.53. The quantitative estimate of drug-likeness (QED) is 0.619. The smallest absolute Gasteiger partial charge is 0.332 e. The van der Waals surface area contributed by atoms with Crippen LogP contribution in [0.15, 0.2) is 63.9 Å². The predicted molar refractivity (Wildman–Crippen MR) is 117 cm³/mol. The van der Waals surface area contributed by atoms with E-state index in [9.17, 15) is 14.4 Å². The van der Waals surface area contributed by atoms with Crippen molar-refractivity contribution in [2.24, 2.45) is 7.05 Å². The maximum absolute atomic E-state index is 13.0. The third-order valence-corrected chi connectivity index (χ3v) is 5.04. The van der Waals surface area contributed by atoms with Crippen molar-refractivity contribution in [1.82, 2.24) is 14.1 Å². The highest BCUT2D eigenvalue weighted by molar-refractivity contribution is 6.19. The fourth-order valence-electron chi connectivity index (χ4n) is 3.48. The zero-order valence-electron chi connectivity index (χ0n) is 17.3. The highest BCUT2D eigenvalue weighted by Gasteiger charge is 2.32. The zero-order valence-corrected chi connectivity index (χ0v) is 17.3. The lowest BCUT2D eigenvalue weighted by molar-refractivity contribution is 0.104. The normalized spacial score (nSPS) is 13.9. The highest BCUT2D eigenvalue weighted by Crippen LogP contribution is 2.28. The van der Waals surface area contributed by atoms with Crippen LogP contribution in [0.2, 0.25) is 0 Å². The van der Waals surface area contributed by atoms with E-state index in [1.165, 1.54) is 11.6 Å². The number of ether oxygens (including phenoxy) is 1. The fraction of sp³-hybridized carbons (Fsp3) is 0.217. The van der Waals surface area contributed by atoms with Gasteiger partial charge in [0.2, 0.25) is 5.78 Å². The van der Waals surface area contributed by atoms with Crippen molar-refractivity contribution >= 4 is 17.7 Å². The zero-order chi connectivity index (χ0) is 22.0. The molecule has 0 spiro atoms. The van der Waals surface area contributed by atoms with Crippen LogP contribution >= 0.6 is 0 Å². The Bertz CT molecular complexity index is 1290. The van der Waals surface area contributed by atoms with E-state index in [1.807, 2.05) is 43.3 Å². The maximum atomic E-state index is 13.0. The second-order valence-electron chi connectivity index (χ2n) is 7.18. The summed E-state index contributed by atoms with van der Waals surface area (Å²) in [5, 5.41) is 2.99. The van der Waals surface area contributed by atoms with Gasteiger partial charge in [0.05, 0.1) is 11.4 Å². The van der Waals surface area contributed by atoms with Gasteiger partial charge in [0.25, 0.3) is 5.56 Å². The average molecular weight is 418 g/mol. The molecule has 3 heterocycles. The Morgan fingerprint density at radius 2 is 1.87 bits per heavy atom. The first-order chi connectivity index (χ1) is 15.0. The van der Waals surface area contributed by atoms with Crippen LogP contribution in [0, 0.1) is 0 Å². The monoisotopic (exact) mass is 418 g/mol. The van der Waals surface area contributed by atoms with Crippen molar-refractivity contribution in [3.05, 3.63) is 92.0 Å². The minimum atomic E-state index is -0.604. The van der Waals surface area contributed by atoms with Crippen LogP contribution in [-0.2, 0) is 20.2 Å².